The first-order chi connectivity index (χ1) is 11.9. The second-order valence-electron chi connectivity index (χ2n) is 5.10. The molecule has 0 amide bonds. The second kappa shape index (κ2) is 8.06. The molecule has 2 aromatic rings. The fourth-order valence-corrected chi connectivity index (χ4v) is 2.86. The maximum absolute atomic E-state index is 11.8. The summed E-state index contributed by atoms with van der Waals surface area (Å²) in [5.74, 6) is 0. The minimum atomic E-state index is -3.75. The molecule has 2 rings (SSSR count). The molecule has 0 aliphatic rings. The molecule has 2 aromatic carbocycles. The summed E-state index contributed by atoms with van der Waals surface area (Å²) in [6.45, 7) is 3.02. The van der Waals surface area contributed by atoms with E-state index in [0.29, 0.717) is 18.9 Å². The molecule has 0 aromatic heterocycles. The van der Waals surface area contributed by atoms with Crippen molar-refractivity contribution in [3.05, 3.63) is 58.1 Å². The monoisotopic (exact) mass is 365 g/mol. The number of hydrogen-bond acceptors (Lipinski definition) is 6. The van der Waals surface area contributed by atoms with E-state index in [1.807, 2.05) is 19.1 Å². The summed E-state index contributed by atoms with van der Waals surface area (Å²) in [4.78, 5) is 10.5. The van der Waals surface area contributed by atoms with E-state index in [4.69, 9.17) is 4.74 Å². The number of nitrogens with one attached hydrogen (secondary N) is 2. The number of ether oxygens (including phenoxy) is 1. The van der Waals surface area contributed by atoms with E-state index in [0.717, 1.165) is 11.6 Å². The van der Waals surface area contributed by atoms with Crippen molar-refractivity contribution in [3.63, 3.8) is 0 Å². The Kier molecular flexibility index (Phi) is 6.07. The van der Waals surface area contributed by atoms with Crippen molar-refractivity contribution in [2.75, 3.05) is 19.0 Å². The Balaban J connectivity index is 2.28. The molecule has 0 saturated heterocycles. The Bertz CT molecular complexity index is 851. The molecular weight excluding hydrogens is 346 g/mol. The summed E-state index contributed by atoms with van der Waals surface area (Å²) in [6, 6.07) is 11.0. The fraction of sp³-hybridized carbons (Fsp3) is 0.250. The van der Waals surface area contributed by atoms with Crippen LogP contribution in [-0.2, 0) is 21.4 Å². The predicted molar refractivity (Wildman–Crippen MR) is 94.4 cm³/mol. The minimum absolute atomic E-state index is 0.167. The molecule has 134 valence electrons. The Hall–Kier alpha value is -2.49. The average molecular weight is 365 g/mol. The lowest BCUT2D eigenvalue weighted by Gasteiger charge is -2.10. The number of benzene rings is 2. The zero-order valence-electron chi connectivity index (χ0n) is 13.9. The van der Waals surface area contributed by atoms with Crippen molar-refractivity contribution in [1.82, 2.24) is 4.72 Å². The van der Waals surface area contributed by atoms with Crippen molar-refractivity contribution in [1.29, 1.82) is 0 Å². The summed E-state index contributed by atoms with van der Waals surface area (Å²) >= 11 is 0. The molecule has 9 heteroatoms. The van der Waals surface area contributed by atoms with Crippen LogP contribution < -0.4 is 10.0 Å². The number of anilines is 2. The van der Waals surface area contributed by atoms with Crippen LogP contribution in [0.25, 0.3) is 0 Å². The largest absolute Gasteiger partial charge is 0.377 e. The van der Waals surface area contributed by atoms with Crippen LogP contribution in [0.3, 0.4) is 0 Å². The van der Waals surface area contributed by atoms with Crippen molar-refractivity contribution < 1.29 is 18.1 Å². The van der Waals surface area contributed by atoms with E-state index in [2.05, 4.69) is 10.0 Å². The van der Waals surface area contributed by atoms with E-state index in [1.54, 1.807) is 12.1 Å². The Morgan fingerprint density at radius 1 is 1.16 bits per heavy atom. The van der Waals surface area contributed by atoms with Crippen molar-refractivity contribution >= 4 is 27.1 Å². The quantitative estimate of drug-likeness (QED) is 0.550. The van der Waals surface area contributed by atoms with E-state index in [1.165, 1.54) is 19.2 Å². The summed E-state index contributed by atoms with van der Waals surface area (Å²) in [5, 5.41) is 14.2. The highest BCUT2D eigenvalue weighted by molar-refractivity contribution is 7.89. The van der Waals surface area contributed by atoms with Gasteiger partial charge in [-0.05, 0) is 43.8 Å². The van der Waals surface area contributed by atoms with Gasteiger partial charge in [-0.15, -0.1) is 0 Å². The smallest absolute Gasteiger partial charge is 0.294 e. The van der Waals surface area contributed by atoms with Crippen LogP contribution in [0.15, 0.2) is 47.4 Å². The third-order valence-electron chi connectivity index (χ3n) is 3.45. The number of nitro groups is 1. The Labute approximate surface area is 146 Å². The van der Waals surface area contributed by atoms with Crippen molar-refractivity contribution in [2.24, 2.45) is 0 Å². The summed E-state index contributed by atoms with van der Waals surface area (Å²) in [5.41, 5.74) is 1.51. The molecule has 8 nitrogen and oxygen atoms in total. The van der Waals surface area contributed by atoms with Gasteiger partial charge in [0.15, 0.2) is 0 Å². The van der Waals surface area contributed by atoms with Crippen LogP contribution in [0.1, 0.15) is 12.5 Å². The van der Waals surface area contributed by atoms with Crippen LogP contribution in [-0.4, -0.2) is 27.0 Å². The highest BCUT2D eigenvalue weighted by Gasteiger charge is 2.20. The van der Waals surface area contributed by atoms with Gasteiger partial charge < -0.3 is 10.1 Å². The van der Waals surface area contributed by atoms with Gasteiger partial charge in [-0.1, -0.05) is 12.1 Å². The molecular formula is C16H19N3O5S. The lowest BCUT2D eigenvalue weighted by Crippen LogP contribution is -2.18. The molecule has 2 N–H and O–H groups in total. The van der Waals surface area contributed by atoms with Gasteiger partial charge in [0, 0.05) is 18.4 Å². The predicted octanol–water partition coefficient (Wildman–Crippen LogP) is 2.78. The number of sulfonamides is 1. The number of hydrogen-bond donors (Lipinski definition) is 2. The van der Waals surface area contributed by atoms with Crippen LogP contribution >= 0.6 is 0 Å². The standard InChI is InChI=1S/C16H19N3O5S/c1-3-24-11-12-4-6-13(7-5-12)18-15-9-8-14(25(22,23)17-2)10-16(15)19(20)21/h4-10,17-18H,3,11H2,1-2H3. The third kappa shape index (κ3) is 4.75. The van der Waals surface area contributed by atoms with Crippen LogP contribution in [0.4, 0.5) is 17.1 Å². The zero-order chi connectivity index (χ0) is 18.4. The van der Waals surface area contributed by atoms with Crippen LogP contribution in [0.2, 0.25) is 0 Å². The van der Waals surface area contributed by atoms with Gasteiger partial charge in [-0.2, -0.15) is 0 Å². The number of rotatable bonds is 8. The molecule has 0 radical (unpaired) electrons. The summed E-state index contributed by atoms with van der Waals surface area (Å²) < 4.78 is 31.1. The molecule has 0 aliphatic carbocycles. The highest BCUT2D eigenvalue weighted by atomic mass is 32.2. The van der Waals surface area contributed by atoms with Crippen molar-refractivity contribution in [2.45, 2.75) is 18.4 Å². The van der Waals surface area contributed by atoms with E-state index >= 15 is 0 Å². The second-order valence-corrected chi connectivity index (χ2v) is 6.99. The van der Waals surface area contributed by atoms with Crippen LogP contribution in [0, 0.1) is 10.1 Å². The molecule has 0 heterocycles. The fourth-order valence-electron chi connectivity index (χ4n) is 2.11. The van der Waals surface area contributed by atoms with E-state index in [-0.39, 0.29) is 16.3 Å². The third-order valence-corrected chi connectivity index (χ3v) is 4.86. The summed E-state index contributed by atoms with van der Waals surface area (Å²) in [7, 11) is -2.51. The highest BCUT2D eigenvalue weighted by Crippen LogP contribution is 2.30. The molecule has 0 saturated carbocycles. The molecule has 25 heavy (non-hydrogen) atoms. The maximum atomic E-state index is 11.8. The maximum Gasteiger partial charge on any atom is 0.294 e. The molecule has 0 aliphatic heterocycles. The first-order valence-corrected chi connectivity index (χ1v) is 9.01. The van der Waals surface area contributed by atoms with Crippen molar-refractivity contribution in [3.8, 4) is 0 Å². The van der Waals surface area contributed by atoms with Gasteiger partial charge in [-0.3, -0.25) is 10.1 Å². The number of nitro benzene ring substituents is 1. The average Bonchev–Trinajstić information content (AvgIpc) is 2.61. The minimum Gasteiger partial charge on any atom is -0.377 e. The van der Waals surface area contributed by atoms with E-state index in [9.17, 15) is 18.5 Å². The first-order valence-electron chi connectivity index (χ1n) is 7.53. The van der Waals surface area contributed by atoms with Crippen LogP contribution in [0.5, 0.6) is 0 Å². The normalized spacial score (nSPS) is 11.3. The molecule has 0 spiro atoms. The lowest BCUT2D eigenvalue weighted by atomic mass is 10.2. The van der Waals surface area contributed by atoms with Gasteiger partial charge in [0.2, 0.25) is 10.0 Å². The van der Waals surface area contributed by atoms with Gasteiger partial charge in [0.05, 0.1) is 16.4 Å². The van der Waals surface area contributed by atoms with Gasteiger partial charge in [0.25, 0.3) is 5.69 Å². The Morgan fingerprint density at radius 2 is 1.84 bits per heavy atom. The topological polar surface area (TPSA) is 111 Å². The first kappa shape index (κ1) is 18.8. The number of nitrogens with zero attached hydrogens (tertiary/aromatic N) is 1. The molecule has 0 fully saturated rings. The molecule has 0 bridgehead atoms. The van der Waals surface area contributed by atoms with Gasteiger partial charge in [-0.25, -0.2) is 13.1 Å². The Morgan fingerprint density at radius 3 is 2.40 bits per heavy atom. The summed E-state index contributed by atoms with van der Waals surface area (Å²) in [6.07, 6.45) is 0. The zero-order valence-corrected chi connectivity index (χ0v) is 14.7. The lowest BCUT2D eigenvalue weighted by molar-refractivity contribution is -0.384. The molecule has 0 unspecified atom stereocenters. The van der Waals surface area contributed by atoms with Gasteiger partial charge in [0.1, 0.15) is 5.69 Å². The SMILES string of the molecule is CCOCc1ccc(Nc2ccc(S(=O)(=O)NC)cc2[N+](=O)[O-])cc1. The molecule has 0 atom stereocenters. The van der Waals surface area contributed by atoms with E-state index < -0.39 is 14.9 Å². The van der Waals surface area contributed by atoms with Gasteiger partial charge >= 0.3 is 0 Å².